The second kappa shape index (κ2) is 11.0. The summed E-state index contributed by atoms with van der Waals surface area (Å²) >= 11 is 2.24. The summed E-state index contributed by atoms with van der Waals surface area (Å²) in [5.41, 5.74) is 3.41. The molecule has 5 heteroatoms. The molecule has 0 bridgehead atoms. The Labute approximate surface area is 209 Å². The van der Waals surface area contributed by atoms with E-state index in [0.29, 0.717) is 18.6 Å². The summed E-state index contributed by atoms with van der Waals surface area (Å²) in [4.78, 5) is 24.9. The third-order valence-electron chi connectivity index (χ3n) is 5.18. The number of halogens is 1. The zero-order valence-corrected chi connectivity index (χ0v) is 21.7. The molecular formula is C28H30INO3. The van der Waals surface area contributed by atoms with Gasteiger partial charge < -0.3 is 10.1 Å². The highest BCUT2D eigenvalue weighted by molar-refractivity contribution is 14.1. The zero-order valence-electron chi connectivity index (χ0n) is 19.5. The molecule has 3 aromatic rings. The Hall–Kier alpha value is -2.67. The van der Waals surface area contributed by atoms with Crippen molar-refractivity contribution < 1.29 is 14.3 Å². The van der Waals surface area contributed by atoms with Crippen molar-refractivity contribution in [2.75, 3.05) is 11.9 Å². The van der Waals surface area contributed by atoms with Gasteiger partial charge in [-0.25, -0.2) is 0 Å². The van der Waals surface area contributed by atoms with Crippen molar-refractivity contribution in [1.29, 1.82) is 0 Å². The lowest BCUT2D eigenvalue weighted by atomic mass is 9.90. The molecule has 4 nitrogen and oxygen atoms in total. The Morgan fingerprint density at radius 1 is 0.909 bits per heavy atom. The summed E-state index contributed by atoms with van der Waals surface area (Å²) in [7, 11) is 0. The van der Waals surface area contributed by atoms with Crippen LogP contribution in [0.3, 0.4) is 0 Å². The van der Waals surface area contributed by atoms with Crippen molar-refractivity contribution in [3.8, 4) is 5.75 Å². The van der Waals surface area contributed by atoms with Crippen molar-refractivity contribution in [3.05, 3.63) is 93.1 Å². The number of amides is 1. The number of Topliss-reactive ketones (excluding diaryl/α,β-unsaturated/α-hetero) is 1. The highest BCUT2D eigenvalue weighted by Gasteiger charge is 2.22. The van der Waals surface area contributed by atoms with Crippen LogP contribution in [0.2, 0.25) is 0 Å². The predicted molar refractivity (Wildman–Crippen MR) is 142 cm³/mol. The maximum absolute atomic E-state index is 13.3. The minimum atomic E-state index is -0.385. The minimum Gasteiger partial charge on any atom is -0.493 e. The van der Waals surface area contributed by atoms with Gasteiger partial charge in [-0.05, 0) is 88.9 Å². The van der Waals surface area contributed by atoms with Gasteiger partial charge in [0, 0.05) is 14.8 Å². The standard InChI is InChI=1S/C28H30INO3/c1-19(31)21-7-5-20(6-8-21)17-26(27(32)30-24-13-11-23(29)12-14-24)22-9-15-25(16-10-22)33-18-28(2,3)4/h5-16,26H,17-18H2,1-4H3,(H,30,32). The van der Waals surface area contributed by atoms with E-state index < -0.39 is 0 Å². The summed E-state index contributed by atoms with van der Waals surface area (Å²) in [6, 6.07) is 23.0. The third kappa shape index (κ3) is 7.70. The minimum absolute atomic E-state index is 0.0281. The van der Waals surface area contributed by atoms with Gasteiger partial charge in [0.05, 0.1) is 12.5 Å². The first-order valence-corrected chi connectivity index (χ1v) is 12.1. The Kier molecular flexibility index (Phi) is 8.30. The van der Waals surface area contributed by atoms with Crippen LogP contribution in [0.4, 0.5) is 5.69 Å². The van der Waals surface area contributed by atoms with E-state index in [0.717, 1.165) is 26.1 Å². The Bertz CT molecular complexity index is 1080. The normalized spacial score (nSPS) is 12.2. The molecule has 1 atom stereocenters. The van der Waals surface area contributed by atoms with Gasteiger partial charge in [-0.2, -0.15) is 0 Å². The van der Waals surface area contributed by atoms with E-state index in [1.807, 2.05) is 72.8 Å². The van der Waals surface area contributed by atoms with Crippen molar-refractivity contribution in [1.82, 2.24) is 0 Å². The molecule has 0 fully saturated rings. The number of anilines is 1. The number of hydrogen-bond donors (Lipinski definition) is 1. The molecule has 3 aromatic carbocycles. The van der Waals surface area contributed by atoms with Crippen molar-refractivity contribution in [2.45, 2.75) is 40.0 Å². The molecule has 0 saturated carbocycles. The number of rotatable bonds is 8. The Morgan fingerprint density at radius 2 is 1.52 bits per heavy atom. The SMILES string of the molecule is CC(=O)c1ccc(CC(C(=O)Nc2ccc(I)cc2)c2ccc(OCC(C)(C)C)cc2)cc1. The molecule has 0 aromatic heterocycles. The molecule has 0 heterocycles. The second-order valence-corrected chi connectivity index (χ2v) is 10.7. The average molecular weight is 555 g/mol. The summed E-state index contributed by atoms with van der Waals surface area (Å²) in [6.07, 6.45) is 0.524. The molecule has 0 spiro atoms. The molecule has 3 rings (SSSR count). The molecule has 0 aliphatic rings. The molecule has 0 aliphatic heterocycles. The van der Waals surface area contributed by atoms with Crippen LogP contribution in [-0.4, -0.2) is 18.3 Å². The fourth-order valence-electron chi connectivity index (χ4n) is 3.33. The van der Waals surface area contributed by atoms with Gasteiger partial charge in [0.25, 0.3) is 0 Å². The molecule has 0 aliphatic carbocycles. The number of ketones is 1. The van der Waals surface area contributed by atoms with Crippen LogP contribution in [0.5, 0.6) is 5.75 Å². The van der Waals surface area contributed by atoms with Crippen LogP contribution >= 0.6 is 22.6 Å². The van der Waals surface area contributed by atoms with E-state index >= 15 is 0 Å². The largest absolute Gasteiger partial charge is 0.493 e. The van der Waals surface area contributed by atoms with Gasteiger partial charge in [-0.3, -0.25) is 9.59 Å². The van der Waals surface area contributed by atoms with Crippen LogP contribution in [0.15, 0.2) is 72.8 Å². The average Bonchev–Trinajstić information content (AvgIpc) is 2.78. The number of benzene rings is 3. The van der Waals surface area contributed by atoms with Gasteiger partial charge in [-0.1, -0.05) is 57.2 Å². The number of nitrogens with one attached hydrogen (secondary N) is 1. The summed E-state index contributed by atoms with van der Waals surface area (Å²) in [5.74, 6) is 0.357. The lowest BCUT2D eigenvalue weighted by molar-refractivity contribution is -0.117. The van der Waals surface area contributed by atoms with Crippen LogP contribution in [0.1, 0.15) is 55.1 Å². The molecule has 1 N–H and O–H groups in total. The topological polar surface area (TPSA) is 55.4 Å². The number of carbonyl (C=O) groups is 2. The predicted octanol–water partition coefficient (Wildman–Crippen LogP) is 6.88. The van der Waals surface area contributed by atoms with Crippen LogP contribution in [0.25, 0.3) is 0 Å². The summed E-state index contributed by atoms with van der Waals surface area (Å²) < 4.78 is 7.00. The fraction of sp³-hybridized carbons (Fsp3) is 0.286. The monoisotopic (exact) mass is 555 g/mol. The highest BCUT2D eigenvalue weighted by atomic mass is 127. The Balaban J connectivity index is 1.83. The second-order valence-electron chi connectivity index (χ2n) is 9.42. The summed E-state index contributed by atoms with van der Waals surface area (Å²) in [5, 5.41) is 3.05. The van der Waals surface area contributed by atoms with Crippen molar-refractivity contribution in [2.24, 2.45) is 5.41 Å². The molecule has 1 amide bonds. The Morgan fingerprint density at radius 3 is 2.06 bits per heavy atom. The van der Waals surface area contributed by atoms with E-state index in [2.05, 4.69) is 48.7 Å². The first-order valence-electron chi connectivity index (χ1n) is 11.0. The van der Waals surface area contributed by atoms with Gasteiger partial charge >= 0.3 is 0 Å². The number of carbonyl (C=O) groups excluding carboxylic acids is 2. The van der Waals surface area contributed by atoms with E-state index in [9.17, 15) is 9.59 Å². The highest BCUT2D eigenvalue weighted by Crippen LogP contribution is 2.27. The fourth-order valence-corrected chi connectivity index (χ4v) is 3.69. The molecule has 172 valence electrons. The van der Waals surface area contributed by atoms with E-state index in [4.69, 9.17) is 4.74 Å². The number of hydrogen-bond acceptors (Lipinski definition) is 3. The maximum atomic E-state index is 13.3. The van der Waals surface area contributed by atoms with Gasteiger partial charge in [-0.15, -0.1) is 0 Å². The lowest BCUT2D eigenvalue weighted by Gasteiger charge is -2.20. The summed E-state index contributed by atoms with van der Waals surface area (Å²) in [6.45, 7) is 8.55. The van der Waals surface area contributed by atoms with Gasteiger partial charge in [0.15, 0.2) is 5.78 Å². The molecule has 1 unspecified atom stereocenters. The van der Waals surface area contributed by atoms with Crippen molar-refractivity contribution >= 4 is 40.0 Å². The first kappa shape index (κ1) is 25.0. The van der Waals surface area contributed by atoms with Crippen LogP contribution in [0, 0.1) is 8.99 Å². The van der Waals surface area contributed by atoms with E-state index in [1.165, 1.54) is 0 Å². The quantitative estimate of drug-likeness (QED) is 0.244. The molecule has 33 heavy (non-hydrogen) atoms. The van der Waals surface area contributed by atoms with Crippen LogP contribution in [-0.2, 0) is 11.2 Å². The number of ether oxygens (including phenoxy) is 1. The zero-order chi connectivity index (χ0) is 24.0. The molecule has 0 saturated heterocycles. The van der Waals surface area contributed by atoms with Gasteiger partial charge in [0.2, 0.25) is 5.91 Å². The maximum Gasteiger partial charge on any atom is 0.232 e. The third-order valence-corrected chi connectivity index (χ3v) is 5.90. The molecule has 0 radical (unpaired) electrons. The van der Waals surface area contributed by atoms with Gasteiger partial charge in [0.1, 0.15) is 5.75 Å². The van der Waals surface area contributed by atoms with E-state index in [-0.39, 0.29) is 23.0 Å². The smallest absolute Gasteiger partial charge is 0.232 e. The molecular weight excluding hydrogens is 525 g/mol. The first-order chi connectivity index (χ1) is 15.6. The lowest BCUT2D eigenvalue weighted by Crippen LogP contribution is -2.23. The van der Waals surface area contributed by atoms with Crippen molar-refractivity contribution in [3.63, 3.8) is 0 Å². The van der Waals surface area contributed by atoms with Crippen LogP contribution < -0.4 is 10.1 Å². The van der Waals surface area contributed by atoms with E-state index in [1.54, 1.807) is 6.92 Å².